The summed E-state index contributed by atoms with van der Waals surface area (Å²) < 4.78 is 0.886. The maximum Gasteiger partial charge on any atom is 0.266 e. The van der Waals surface area contributed by atoms with Crippen molar-refractivity contribution < 1.29 is 9.59 Å². The number of halogens is 1. The highest BCUT2D eigenvalue weighted by Gasteiger charge is 2.58. The summed E-state index contributed by atoms with van der Waals surface area (Å²) >= 11 is 4.85. The van der Waals surface area contributed by atoms with Crippen LogP contribution in [0.4, 0.5) is 11.4 Å². The van der Waals surface area contributed by atoms with Crippen LogP contribution in [0.1, 0.15) is 16.7 Å². The van der Waals surface area contributed by atoms with Crippen LogP contribution < -0.4 is 10.2 Å². The van der Waals surface area contributed by atoms with Crippen molar-refractivity contribution in [2.75, 3.05) is 16.0 Å². The van der Waals surface area contributed by atoms with Gasteiger partial charge in [0.15, 0.2) is 0 Å². The van der Waals surface area contributed by atoms with Gasteiger partial charge in [0.2, 0.25) is 10.8 Å². The maximum absolute atomic E-state index is 12.9. The zero-order valence-corrected chi connectivity index (χ0v) is 15.6. The minimum absolute atomic E-state index is 0.0498. The van der Waals surface area contributed by atoms with Gasteiger partial charge in [-0.1, -0.05) is 22.0 Å². The van der Waals surface area contributed by atoms with Crippen molar-refractivity contribution in [1.29, 1.82) is 0 Å². The Bertz CT molecular complexity index is 899. The molecule has 0 radical (unpaired) electrons. The Hall–Kier alpha value is -1.79. The number of aryl methyl sites for hydroxylation is 2. The molecule has 122 valence electrons. The molecule has 1 fully saturated rings. The summed E-state index contributed by atoms with van der Waals surface area (Å²) in [6.45, 7) is 4.04. The third kappa shape index (κ3) is 2.06. The smallest absolute Gasteiger partial charge is 0.266 e. The summed E-state index contributed by atoms with van der Waals surface area (Å²) in [4.78, 5) is 26.2. The first-order valence-corrected chi connectivity index (χ1v) is 9.37. The lowest BCUT2D eigenvalue weighted by molar-refractivity contribution is -0.122. The number of nitrogens with one attached hydrogen (secondary N) is 1. The summed E-state index contributed by atoms with van der Waals surface area (Å²) in [6, 6.07) is 11.6. The molecule has 1 atom stereocenters. The number of nitrogens with zero attached hydrogens (tertiary/aromatic N) is 1. The summed E-state index contributed by atoms with van der Waals surface area (Å²) in [5.74, 6) is 0.0719. The number of rotatable bonds is 1. The molecule has 2 amide bonds. The maximum atomic E-state index is 12.9. The highest BCUT2D eigenvalue weighted by Crippen LogP contribution is 2.54. The van der Waals surface area contributed by atoms with Crippen molar-refractivity contribution in [1.82, 2.24) is 0 Å². The monoisotopic (exact) mass is 402 g/mol. The quantitative estimate of drug-likeness (QED) is 0.785. The molecule has 2 aromatic carbocycles. The molecular formula is C18H15BrN2O2S. The van der Waals surface area contributed by atoms with Gasteiger partial charge in [-0.05, 0) is 55.3 Å². The highest BCUT2D eigenvalue weighted by atomic mass is 79.9. The number of carbonyl (C=O) groups is 2. The molecule has 2 aromatic rings. The number of thioether (sulfide) groups is 1. The van der Waals surface area contributed by atoms with Crippen molar-refractivity contribution in [2.45, 2.75) is 18.7 Å². The van der Waals surface area contributed by atoms with E-state index in [1.165, 1.54) is 11.8 Å². The molecule has 0 bridgehead atoms. The van der Waals surface area contributed by atoms with Crippen LogP contribution >= 0.6 is 27.7 Å². The number of amides is 2. The lowest BCUT2D eigenvalue weighted by atomic mass is 10.0. The van der Waals surface area contributed by atoms with Gasteiger partial charge in [-0.15, -0.1) is 11.8 Å². The third-order valence-electron chi connectivity index (χ3n) is 4.62. The van der Waals surface area contributed by atoms with Crippen LogP contribution in [-0.2, 0) is 14.5 Å². The number of anilines is 2. The van der Waals surface area contributed by atoms with Crippen molar-refractivity contribution >= 4 is 50.9 Å². The number of fused-ring (bicyclic) bond motifs is 2. The predicted molar refractivity (Wildman–Crippen MR) is 100 cm³/mol. The van der Waals surface area contributed by atoms with E-state index in [9.17, 15) is 9.59 Å². The average molecular weight is 403 g/mol. The molecule has 4 nitrogen and oxygen atoms in total. The largest absolute Gasteiger partial charge is 0.323 e. The van der Waals surface area contributed by atoms with Gasteiger partial charge in [-0.3, -0.25) is 14.5 Å². The zero-order chi connectivity index (χ0) is 17.1. The van der Waals surface area contributed by atoms with Gasteiger partial charge >= 0.3 is 0 Å². The SMILES string of the molecule is Cc1ccc(N2C(=O)CS[C@@]23C(=O)Nc2ccc(Br)cc23)cc1C. The Labute approximate surface area is 152 Å². The molecule has 4 rings (SSSR count). The van der Waals surface area contributed by atoms with E-state index in [1.54, 1.807) is 4.90 Å². The van der Waals surface area contributed by atoms with E-state index in [1.807, 2.05) is 50.2 Å². The first-order valence-electron chi connectivity index (χ1n) is 7.59. The molecule has 0 saturated carbocycles. The van der Waals surface area contributed by atoms with Crippen molar-refractivity contribution in [3.8, 4) is 0 Å². The van der Waals surface area contributed by atoms with E-state index in [-0.39, 0.29) is 17.6 Å². The standard InChI is InChI=1S/C18H15BrN2O2S/c1-10-3-5-13(7-11(10)2)21-16(22)9-24-18(21)14-8-12(19)4-6-15(14)20-17(18)23/h3-8H,9H2,1-2H3,(H,20,23)/t18-/m0/s1. The second-order valence-corrected chi connectivity index (χ2v) is 8.16. The second-order valence-electron chi connectivity index (χ2n) is 6.07. The van der Waals surface area contributed by atoms with E-state index in [2.05, 4.69) is 21.2 Å². The van der Waals surface area contributed by atoms with Crippen LogP contribution in [0.3, 0.4) is 0 Å². The summed E-state index contributed by atoms with van der Waals surface area (Å²) in [5.41, 5.74) is 4.61. The first kappa shape index (κ1) is 15.7. The number of benzene rings is 2. The molecule has 0 aromatic heterocycles. The normalized spacial score (nSPS) is 22.2. The summed E-state index contributed by atoms with van der Waals surface area (Å²) in [5, 5.41) is 2.93. The van der Waals surface area contributed by atoms with Crippen LogP contribution in [0.15, 0.2) is 40.9 Å². The van der Waals surface area contributed by atoms with E-state index < -0.39 is 4.87 Å². The Kier molecular flexibility index (Phi) is 3.51. The lowest BCUT2D eigenvalue weighted by Gasteiger charge is -2.32. The molecule has 1 saturated heterocycles. The fraction of sp³-hybridized carbons (Fsp3) is 0.222. The molecule has 2 aliphatic rings. The predicted octanol–water partition coefficient (Wildman–Crippen LogP) is 3.95. The summed E-state index contributed by atoms with van der Waals surface area (Å²) in [6.07, 6.45) is 0. The minimum Gasteiger partial charge on any atom is -0.323 e. The topological polar surface area (TPSA) is 49.4 Å². The summed E-state index contributed by atoms with van der Waals surface area (Å²) in [7, 11) is 0. The Morgan fingerprint density at radius 1 is 1.12 bits per heavy atom. The fourth-order valence-electron chi connectivity index (χ4n) is 3.26. The fourth-order valence-corrected chi connectivity index (χ4v) is 4.93. The lowest BCUT2D eigenvalue weighted by Crippen LogP contribution is -2.47. The van der Waals surface area contributed by atoms with Crippen molar-refractivity contribution in [3.05, 3.63) is 57.6 Å². The molecule has 0 unspecified atom stereocenters. The van der Waals surface area contributed by atoms with Gasteiger partial charge in [0.05, 0.1) is 5.75 Å². The minimum atomic E-state index is -1.03. The molecule has 2 heterocycles. The van der Waals surface area contributed by atoms with Gasteiger partial charge in [0, 0.05) is 21.4 Å². The highest BCUT2D eigenvalue weighted by molar-refractivity contribution is 9.10. The first-order chi connectivity index (χ1) is 11.4. The number of hydrogen-bond acceptors (Lipinski definition) is 3. The van der Waals surface area contributed by atoms with E-state index in [0.29, 0.717) is 0 Å². The van der Waals surface area contributed by atoms with E-state index in [4.69, 9.17) is 0 Å². The molecule has 0 aliphatic carbocycles. The van der Waals surface area contributed by atoms with Gasteiger partial charge in [0.25, 0.3) is 5.91 Å². The van der Waals surface area contributed by atoms with Gasteiger partial charge < -0.3 is 5.32 Å². The zero-order valence-electron chi connectivity index (χ0n) is 13.2. The second kappa shape index (κ2) is 5.36. The molecule has 24 heavy (non-hydrogen) atoms. The Morgan fingerprint density at radius 3 is 2.67 bits per heavy atom. The molecule has 6 heteroatoms. The van der Waals surface area contributed by atoms with E-state index in [0.717, 1.165) is 32.5 Å². The van der Waals surface area contributed by atoms with Crippen LogP contribution in [-0.4, -0.2) is 17.6 Å². The molecule has 1 N–H and O–H groups in total. The molecular weight excluding hydrogens is 388 g/mol. The van der Waals surface area contributed by atoms with Crippen molar-refractivity contribution in [2.24, 2.45) is 0 Å². The van der Waals surface area contributed by atoms with Crippen LogP contribution in [0.25, 0.3) is 0 Å². The third-order valence-corrected chi connectivity index (χ3v) is 6.51. The van der Waals surface area contributed by atoms with Gasteiger partial charge in [-0.25, -0.2) is 0 Å². The molecule has 2 aliphatic heterocycles. The Balaban J connectivity index is 1.94. The molecule has 1 spiro atoms. The van der Waals surface area contributed by atoms with Crippen LogP contribution in [0, 0.1) is 13.8 Å². The Morgan fingerprint density at radius 2 is 1.92 bits per heavy atom. The average Bonchev–Trinajstić information content (AvgIpc) is 3.02. The van der Waals surface area contributed by atoms with Crippen molar-refractivity contribution in [3.63, 3.8) is 0 Å². The van der Waals surface area contributed by atoms with E-state index >= 15 is 0 Å². The van der Waals surface area contributed by atoms with Gasteiger partial charge in [0.1, 0.15) is 0 Å². The van der Waals surface area contributed by atoms with Crippen LogP contribution in [0.2, 0.25) is 0 Å². The number of hydrogen-bond donors (Lipinski definition) is 1. The number of carbonyl (C=O) groups excluding carboxylic acids is 2. The van der Waals surface area contributed by atoms with Crippen LogP contribution in [0.5, 0.6) is 0 Å². The van der Waals surface area contributed by atoms with Gasteiger partial charge in [-0.2, -0.15) is 0 Å².